The molecule has 2 unspecified atom stereocenters. The molecule has 2 aromatic heterocycles. The summed E-state index contributed by atoms with van der Waals surface area (Å²) in [5.74, 6) is 0.519. The van der Waals surface area contributed by atoms with Crippen molar-refractivity contribution in [3.05, 3.63) is 53.7 Å². The van der Waals surface area contributed by atoms with Gasteiger partial charge in [0.1, 0.15) is 5.76 Å². The van der Waals surface area contributed by atoms with E-state index in [-0.39, 0.29) is 29.5 Å². The smallest absolute Gasteiger partial charge is 0.257 e. The molecular formula is C18H21N3O4S. The van der Waals surface area contributed by atoms with Gasteiger partial charge in [-0.25, -0.2) is 8.42 Å². The number of carbonyl (C=O) groups excluding carboxylic acids is 1. The second kappa shape index (κ2) is 6.51. The molecule has 2 aliphatic rings. The molecule has 2 saturated heterocycles. The summed E-state index contributed by atoms with van der Waals surface area (Å²) in [6, 6.07) is 4.99. The van der Waals surface area contributed by atoms with Gasteiger partial charge in [-0.2, -0.15) is 0 Å². The predicted molar refractivity (Wildman–Crippen MR) is 95.4 cm³/mol. The zero-order chi connectivity index (χ0) is 18.3. The molecule has 4 rings (SSSR count). The first-order chi connectivity index (χ1) is 12.4. The molecule has 0 bridgehead atoms. The quantitative estimate of drug-likeness (QED) is 0.799. The Morgan fingerprint density at radius 3 is 2.77 bits per heavy atom. The van der Waals surface area contributed by atoms with Gasteiger partial charge in [-0.1, -0.05) is 6.07 Å². The van der Waals surface area contributed by atoms with E-state index in [9.17, 15) is 13.2 Å². The average molecular weight is 375 g/mol. The summed E-state index contributed by atoms with van der Waals surface area (Å²) in [6.07, 6.45) is 5.01. The molecule has 2 aromatic rings. The number of hydrogen-bond acceptors (Lipinski definition) is 6. The molecule has 8 heteroatoms. The van der Waals surface area contributed by atoms with Gasteiger partial charge in [0.2, 0.25) is 0 Å². The molecule has 2 aliphatic heterocycles. The molecule has 4 heterocycles. The van der Waals surface area contributed by atoms with E-state index >= 15 is 0 Å². The van der Waals surface area contributed by atoms with Crippen LogP contribution in [0.4, 0.5) is 0 Å². The van der Waals surface area contributed by atoms with Crippen LogP contribution >= 0.6 is 0 Å². The van der Waals surface area contributed by atoms with Crippen LogP contribution in [0.1, 0.15) is 21.7 Å². The highest BCUT2D eigenvalue weighted by atomic mass is 32.2. The Morgan fingerprint density at radius 1 is 1.27 bits per heavy atom. The number of pyridine rings is 1. The standard InChI is InChI=1S/C18H21N3O4S/c1-13-15(4-8-25-13)18(22)21-7-6-20(10-14-3-2-5-19-9-14)16-11-26(23,24)12-17(16)21/h2-5,8-9,16-17H,6-7,10-12H2,1H3. The van der Waals surface area contributed by atoms with Gasteiger partial charge < -0.3 is 9.32 Å². The lowest BCUT2D eigenvalue weighted by molar-refractivity contribution is 0.0304. The molecule has 0 aromatic carbocycles. The van der Waals surface area contributed by atoms with Crippen LogP contribution in [-0.2, 0) is 16.4 Å². The third kappa shape index (κ3) is 3.14. The van der Waals surface area contributed by atoms with Crippen LogP contribution in [0.25, 0.3) is 0 Å². The highest BCUT2D eigenvalue weighted by Gasteiger charge is 2.48. The van der Waals surface area contributed by atoms with Crippen molar-refractivity contribution in [3.63, 3.8) is 0 Å². The van der Waals surface area contributed by atoms with E-state index in [1.165, 1.54) is 6.26 Å². The number of aromatic nitrogens is 1. The molecule has 7 nitrogen and oxygen atoms in total. The van der Waals surface area contributed by atoms with Gasteiger partial charge in [0.15, 0.2) is 9.84 Å². The first-order valence-corrected chi connectivity index (χ1v) is 10.5. The molecule has 0 aliphatic carbocycles. The Kier molecular flexibility index (Phi) is 4.32. The van der Waals surface area contributed by atoms with Crippen molar-refractivity contribution in [2.24, 2.45) is 0 Å². The summed E-state index contributed by atoms with van der Waals surface area (Å²) in [5.41, 5.74) is 1.55. The highest BCUT2D eigenvalue weighted by molar-refractivity contribution is 7.91. The number of aryl methyl sites for hydroxylation is 1. The fourth-order valence-corrected chi connectivity index (χ4v) is 5.97. The Hall–Kier alpha value is -2.19. The third-order valence-electron chi connectivity index (χ3n) is 5.25. The maximum atomic E-state index is 12.9. The number of sulfone groups is 1. The molecule has 26 heavy (non-hydrogen) atoms. The van der Waals surface area contributed by atoms with E-state index in [1.54, 1.807) is 30.3 Å². The third-order valence-corrected chi connectivity index (χ3v) is 6.95. The van der Waals surface area contributed by atoms with Crippen molar-refractivity contribution < 1.29 is 17.6 Å². The largest absolute Gasteiger partial charge is 0.469 e. The van der Waals surface area contributed by atoms with E-state index in [1.807, 2.05) is 12.1 Å². The zero-order valence-electron chi connectivity index (χ0n) is 14.5. The second-order valence-corrected chi connectivity index (χ2v) is 9.09. The van der Waals surface area contributed by atoms with E-state index in [0.29, 0.717) is 31.0 Å². The Morgan fingerprint density at radius 2 is 2.08 bits per heavy atom. The van der Waals surface area contributed by atoms with Gasteiger partial charge in [0.05, 0.1) is 29.4 Å². The molecular weight excluding hydrogens is 354 g/mol. The van der Waals surface area contributed by atoms with Gasteiger partial charge in [0.25, 0.3) is 5.91 Å². The summed E-state index contributed by atoms with van der Waals surface area (Å²) in [4.78, 5) is 21.0. The molecule has 2 fully saturated rings. The minimum atomic E-state index is -3.17. The summed E-state index contributed by atoms with van der Waals surface area (Å²) in [7, 11) is -3.17. The van der Waals surface area contributed by atoms with Crippen molar-refractivity contribution in [1.29, 1.82) is 0 Å². The monoisotopic (exact) mass is 375 g/mol. The maximum absolute atomic E-state index is 12.9. The number of carbonyl (C=O) groups is 1. The summed E-state index contributed by atoms with van der Waals surface area (Å²) in [5, 5.41) is 0. The normalized spacial score (nSPS) is 25.2. The Balaban J connectivity index is 1.60. The molecule has 0 spiro atoms. The van der Waals surface area contributed by atoms with E-state index in [4.69, 9.17) is 4.42 Å². The molecule has 1 amide bonds. The lowest BCUT2D eigenvalue weighted by Crippen LogP contribution is -2.60. The number of nitrogens with zero attached hydrogens (tertiary/aromatic N) is 3. The molecule has 0 radical (unpaired) electrons. The van der Waals surface area contributed by atoms with Crippen LogP contribution < -0.4 is 0 Å². The van der Waals surface area contributed by atoms with Gasteiger partial charge in [-0.15, -0.1) is 0 Å². The van der Waals surface area contributed by atoms with Crippen LogP contribution in [0.5, 0.6) is 0 Å². The van der Waals surface area contributed by atoms with Crippen molar-refractivity contribution >= 4 is 15.7 Å². The van der Waals surface area contributed by atoms with Crippen LogP contribution in [-0.4, -0.2) is 65.8 Å². The van der Waals surface area contributed by atoms with Crippen molar-refractivity contribution in [3.8, 4) is 0 Å². The Labute approximate surface area is 152 Å². The summed E-state index contributed by atoms with van der Waals surface area (Å²) < 4.78 is 29.9. The van der Waals surface area contributed by atoms with Crippen LogP contribution in [0.15, 0.2) is 41.3 Å². The number of amides is 1. The maximum Gasteiger partial charge on any atom is 0.257 e. The topological polar surface area (TPSA) is 83.7 Å². The van der Waals surface area contributed by atoms with E-state index in [2.05, 4.69) is 9.88 Å². The number of piperazine rings is 1. The zero-order valence-corrected chi connectivity index (χ0v) is 15.4. The van der Waals surface area contributed by atoms with Crippen LogP contribution in [0.3, 0.4) is 0 Å². The minimum Gasteiger partial charge on any atom is -0.469 e. The van der Waals surface area contributed by atoms with Crippen molar-refractivity contribution in [1.82, 2.24) is 14.8 Å². The van der Waals surface area contributed by atoms with Gasteiger partial charge in [-0.05, 0) is 24.6 Å². The van der Waals surface area contributed by atoms with Crippen LogP contribution in [0.2, 0.25) is 0 Å². The number of rotatable bonds is 3. The fourth-order valence-electron chi connectivity index (χ4n) is 3.96. The highest BCUT2D eigenvalue weighted by Crippen LogP contribution is 2.29. The van der Waals surface area contributed by atoms with Crippen molar-refractivity contribution in [2.75, 3.05) is 24.6 Å². The molecule has 2 atom stereocenters. The molecule has 0 saturated carbocycles. The van der Waals surface area contributed by atoms with Gasteiger partial charge >= 0.3 is 0 Å². The van der Waals surface area contributed by atoms with E-state index < -0.39 is 9.84 Å². The minimum absolute atomic E-state index is 0.0177. The second-order valence-electron chi connectivity index (χ2n) is 6.93. The number of furan rings is 1. The fraction of sp³-hybridized carbons (Fsp3) is 0.444. The van der Waals surface area contributed by atoms with Crippen LogP contribution in [0, 0.1) is 6.92 Å². The van der Waals surface area contributed by atoms with Gasteiger partial charge in [-0.3, -0.25) is 14.7 Å². The molecule has 0 N–H and O–H groups in total. The van der Waals surface area contributed by atoms with Crippen molar-refractivity contribution in [2.45, 2.75) is 25.6 Å². The SMILES string of the molecule is Cc1occc1C(=O)N1CCN(Cc2cccnc2)C2CS(=O)(=O)CC21. The van der Waals surface area contributed by atoms with Gasteiger partial charge in [0, 0.05) is 38.1 Å². The lowest BCUT2D eigenvalue weighted by atomic mass is 10.0. The lowest BCUT2D eigenvalue weighted by Gasteiger charge is -2.43. The first-order valence-electron chi connectivity index (χ1n) is 8.63. The number of hydrogen-bond donors (Lipinski definition) is 0. The number of fused-ring (bicyclic) bond motifs is 1. The average Bonchev–Trinajstić information content (AvgIpc) is 3.17. The van der Waals surface area contributed by atoms with E-state index in [0.717, 1.165) is 5.56 Å². The summed E-state index contributed by atoms with van der Waals surface area (Å²) >= 11 is 0. The Bertz CT molecular complexity index is 910. The summed E-state index contributed by atoms with van der Waals surface area (Å²) in [6.45, 7) is 3.51. The first kappa shape index (κ1) is 17.2. The predicted octanol–water partition coefficient (Wildman–Crippen LogP) is 1.11. The molecule has 138 valence electrons.